The molecule has 0 spiro atoms. The molecule has 222 valence electrons. The number of carbonyl (C=O) groups excluding carboxylic acids is 2. The summed E-state index contributed by atoms with van der Waals surface area (Å²) in [4.78, 5) is 34.1. The molecule has 2 unspecified atom stereocenters. The number of hydrogen-bond acceptors (Lipinski definition) is 5. The number of benzene rings is 2. The number of nitrogens with zero attached hydrogens (tertiary/aromatic N) is 2. The molecule has 2 aromatic carbocycles. The number of fused-ring (bicyclic) bond motifs is 3. The molecule has 1 aliphatic carbocycles. The van der Waals surface area contributed by atoms with Gasteiger partial charge in [-0.1, -0.05) is 60.8 Å². The lowest BCUT2D eigenvalue weighted by Gasteiger charge is -2.38. The summed E-state index contributed by atoms with van der Waals surface area (Å²) in [5.41, 5.74) is 10.8. The maximum atomic E-state index is 14.3. The van der Waals surface area contributed by atoms with Crippen LogP contribution in [0.25, 0.3) is 11.1 Å². The van der Waals surface area contributed by atoms with Gasteiger partial charge in [-0.2, -0.15) is 13.2 Å². The van der Waals surface area contributed by atoms with Crippen molar-refractivity contribution in [1.29, 1.82) is 0 Å². The van der Waals surface area contributed by atoms with Crippen LogP contribution in [-0.4, -0.2) is 42.1 Å². The Morgan fingerprint density at radius 1 is 1.12 bits per heavy atom. The Morgan fingerprint density at radius 3 is 2.60 bits per heavy atom. The van der Waals surface area contributed by atoms with Crippen molar-refractivity contribution in [1.82, 2.24) is 10.3 Å². The van der Waals surface area contributed by atoms with E-state index in [0.29, 0.717) is 52.9 Å². The molecule has 6 nitrogen and oxygen atoms in total. The molecule has 42 heavy (non-hydrogen) atoms. The smallest absolute Gasteiger partial charge is 0.355 e. The van der Waals surface area contributed by atoms with Crippen molar-refractivity contribution in [3.8, 4) is 11.1 Å². The number of piperidine rings is 1. The first-order valence-electron chi connectivity index (χ1n) is 14.0. The number of alkyl halides is 3. The van der Waals surface area contributed by atoms with Gasteiger partial charge >= 0.3 is 6.18 Å². The van der Waals surface area contributed by atoms with Gasteiger partial charge < -0.3 is 16.0 Å². The first-order chi connectivity index (χ1) is 20.0. The third kappa shape index (κ3) is 5.87. The monoisotopic (exact) mass is 618 g/mol. The average molecular weight is 620 g/mol. The minimum absolute atomic E-state index is 0.0110. The summed E-state index contributed by atoms with van der Waals surface area (Å²) in [6.45, 7) is 1.16. The van der Waals surface area contributed by atoms with E-state index in [2.05, 4.69) is 10.3 Å². The molecular weight excluding hydrogens is 588 g/mol. The van der Waals surface area contributed by atoms with E-state index in [-0.39, 0.29) is 15.9 Å². The lowest BCUT2D eigenvalue weighted by atomic mass is 9.84. The molecule has 3 aromatic rings. The molecule has 11 heteroatoms. The van der Waals surface area contributed by atoms with E-state index in [1.54, 1.807) is 24.3 Å². The van der Waals surface area contributed by atoms with Gasteiger partial charge in [-0.25, -0.2) is 4.98 Å². The number of nitrogens with one attached hydrogen (secondary N) is 1. The Bertz CT molecular complexity index is 1530. The first-order valence-corrected chi connectivity index (χ1v) is 14.8. The zero-order valence-electron chi connectivity index (χ0n) is 23.0. The molecule has 3 N–H and O–H groups in total. The Hall–Kier alpha value is -3.14. The Morgan fingerprint density at radius 2 is 1.88 bits per heavy atom. The van der Waals surface area contributed by atoms with E-state index < -0.39 is 36.5 Å². The summed E-state index contributed by atoms with van der Waals surface area (Å²) in [6.07, 6.45) is -0.457. The largest absolute Gasteiger partial charge is 0.405 e. The Kier molecular flexibility index (Phi) is 8.83. The number of rotatable bonds is 8. The molecule has 2 aliphatic rings. The van der Waals surface area contributed by atoms with Gasteiger partial charge in [0, 0.05) is 12.1 Å². The fourth-order valence-electron chi connectivity index (χ4n) is 6.05. The minimum Gasteiger partial charge on any atom is -0.355 e. The normalized spacial score (nSPS) is 18.0. The second-order valence-electron chi connectivity index (χ2n) is 10.7. The topological polar surface area (TPSA) is 88.3 Å². The van der Waals surface area contributed by atoms with Crippen LogP contribution in [0.1, 0.15) is 77.7 Å². The van der Waals surface area contributed by atoms with Crippen LogP contribution in [0.5, 0.6) is 0 Å². The van der Waals surface area contributed by atoms with E-state index in [0.717, 1.165) is 31.2 Å². The van der Waals surface area contributed by atoms with Crippen molar-refractivity contribution in [2.24, 2.45) is 5.73 Å². The van der Waals surface area contributed by atoms with Crippen molar-refractivity contribution in [3.63, 3.8) is 0 Å². The molecule has 1 saturated heterocycles. The Labute approximate surface area is 252 Å². The quantitative estimate of drug-likeness (QED) is 0.209. The van der Waals surface area contributed by atoms with Gasteiger partial charge in [-0.15, -0.1) is 0 Å². The second-order valence-corrected chi connectivity index (χ2v) is 11.5. The van der Waals surface area contributed by atoms with Gasteiger partial charge in [-0.3, -0.25) is 9.59 Å². The number of anilines is 1. The van der Waals surface area contributed by atoms with Crippen LogP contribution in [0.15, 0.2) is 42.5 Å². The third-order valence-corrected chi connectivity index (χ3v) is 8.42. The van der Waals surface area contributed by atoms with Crippen LogP contribution in [0.3, 0.4) is 0 Å². The molecule has 1 aliphatic heterocycles. The SMILES string of the molecule is CCCCc1c2c(cc(C(=O)c3nc(Cl)ccc3Cl)c1N1CCCCC1N)-c1ccccc1C2C(=O)NCC(F)(F)F. The van der Waals surface area contributed by atoms with Crippen molar-refractivity contribution < 1.29 is 22.8 Å². The lowest BCUT2D eigenvalue weighted by molar-refractivity contribution is -0.138. The van der Waals surface area contributed by atoms with Crippen LogP contribution in [-0.2, 0) is 11.2 Å². The molecule has 0 radical (unpaired) electrons. The third-order valence-electron chi connectivity index (χ3n) is 7.91. The summed E-state index contributed by atoms with van der Waals surface area (Å²) in [6, 6.07) is 11.9. The van der Waals surface area contributed by atoms with Crippen LogP contribution >= 0.6 is 23.2 Å². The maximum Gasteiger partial charge on any atom is 0.405 e. The fraction of sp³-hybridized carbons (Fsp3) is 0.387. The molecular formula is C31H31Cl2F3N4O2. The highest BCUT2D eigenvalue weighted by molar-refractivity contribution is 6.36. The summed E-state index contributed by atoms with van der Waals surface area (Å²) < 4.78 is 39.5. The molecule has 2 heterocycles. The fourth-order valence-corrected chi connectivity index (χ4v) is 6.39. The summed E-state index contributed by atoms with van der Waals surface area (Å²) in [5.74, 6) is -2.18. The number of carbonyl (C=O) groups is 2. The number of hydrogen-bond donors (Lipinski definition) is 2. The van der Waals surface area contributed by atoms with Crippen LogP contribution in [0, 0.1) is 0 Å². The number of unbranched alkanes of at least 4 members (excludes halogenated alkanes) is 1. The molecule has 1 aromatic heterocycles. The van der Waals surface area contributed by atoms with Crippen molar-refractivity contribution in [3.05, 3.63) is 80.6 Å². The number of aromatic nitrogens is 1. The standard InChI is InChI=1S/C31H31Cl2F3N4O2/c1-2-3-8-19-25-20(17-9-4-5-10-18(17)26(25)30(42)38-16-31(34,35)36)15-21(28(19)40-14-7-6-11-24(40)37)29(41)27-22(32)12-13-23(33)39-27/h4-5,9-10,12-13,15,24,26H,2-3,6-8,11,14,16,37H2,1H3,(H,38,42). The molecule has 5 rings (SSSR count). The highest BCUT2D eigenvalue weighted by atomic mass is 35.5. The summed E-state index contributed by atoms with van der Waals surface area (Å²) in [5, 5.41) is 2.35. The van der Waals surface area contributed by atoms with Crippen molar-refractivity contribution >= 4 is 40.6 Å². The van der Waals surface area contributed by atoms with Gasteiger partial charge in [-0.05, 0) is 78.1 Å². The lowest BCUT2D eigenvalue weighted by Crippen LogP contribution is -2.47. The highest BCUT2D eigenvalue weighted by Crippen LogP contribution is 2.51. The van der Waals surface area contributed by atoms with Gasteiger partial charge in [0.25, 0.3) is 0 Å². The predicted octanol–water partition coefficient (Wildman–Crippen LogP) is 7.03. The van der Waals surface area contributed by atoms with Gasteiger partial charge in [0.15, 0.2) is 0 Å². The predicted molar refractivity (Wildman–Crippen MR) is 158 cm³/mol. The number of ketones is 1. The van der Waals surface area contributed by atoms with Gasteiger partial charge in [0.2, 0.25) is 11.7 Å². The summed E-state index contributed by atoms with van der Waals surface area (Å²) in [7, 11) is 0. The van der Waals surface area contributed by atoms with Crippen LogP contribution < -0.4 is 16.0 Å². The van der Waals surface area contributed by atoms with E-state index >= 15 is 0 Å². The van der Waals surface area contributed by atoms with Crippen molar-refractivity contribution in [2.45, 2.75) is 63.7 Å². The second kappa shape index (κ2) is 12.2. The maximum absolute atomic E-state index is 14.3. The number of amides is 1. The zero-order chi connectivity index (χ0) is 30.2. The van der Waals surface area contributed by atoms with Gasteiger partial charge in [0.1, 0.15) is 17.4 Å². The van der Waals surface area contributed by atoms with E-state index in [1.807, 2.05) is 17.9 Å². The van der Waals surface area contributed by atoms with E-state index in [9.17, 15) is 22.8 Å². The zero-order valence-corrected chi connectivity index (χ0v) is 24.5. The Balaban J connectivity index is 1.80. The number of halogens is 5. The number of pyridine rings is 1. The number of nitrogens with two attached hydrogens (primary N) is 1. The van der Waals surface area contributed by atoms with Crippen LogP contribution in [0.2, 0.25) is 10.2 Å². The van der Waals surface area contributed by atoms with E-state index in [4.69, 9.17) is 28.9 Å². The molecule has 2 atom stereocenters. The van der Waals surface area contributed by atoms with Crippen LogP contribution in [0.4, 0.5) is 18.9 Å². The molecule has 0 bridgehead atoms. The van der Waals surface area contributed by atoms with E-state index in [1.165, 1.54) is 12.1 Å². The first kappa shape index (κ1) is 30.3. The van der Waals surface area contributed by atoms with Crippen molar-refractivity contribution in [2.75, 3.05) is 18.0 Å². The van der Waals surface area contributed by atoms with Gasteiger partial charge in [0.05, 0.1) is 22.8 Å². The molecule has 0 saturated carbocycles. The molecule has 1 fully saturated rings. The summed E-state index contributed by atoms with van der Waals surface area (Å²) >= 11 is 12.6. The average Bonchev–Trinajstić information content (AvgIpc) is 3.29. The minimum atomic E-state index is -4.56. The highest BCUT2D eigenvalue weighted by Gasteiger charge is 2.41. The molecule has 1 amide bonds.